The summed E-state index contributed by atoms with van der Waals surface area (Å²) < 4.78 is 38.3. The van der Waals surface area contributed by atoms with Crippen LogP contribution in [0.4, 0.5) is 4.39 Å². The Morgan fingerprint density at radius 2 is 2.04 bits per heavy atom. The van der Waals surface area contributed by atoms with Crippen molar-refractivity contribution in [2.75, 3.05) is 0 Å². The van der Waals surface area contributed by atoms with Gasteiger partial charge in [0, 0.05) is 27.6 Å². The van der Waals surface area contributed by atoms with E-state index in [4.69, 9.17) is 4.11 Å². The number of hydrogen-bond donors (Lipinski definition) is 1. The lowest BCUT2D eigenvalue weighted by molar-refractivity contribution is 0.0734. The van der Waals surface area contributed by atoms with E-state index in [0.29, 0.717) is 16.8 Å². The van der Waals surface area contributed by atoms with Crippen molar-refractivity contribution in [3.05, 3.63) is 66.1 Å². The molecule has 0 bridgehead atoms. The Kier molecular flexibility index (Phi) is 3.20. The number of nitrogens with zero attached hydrogens (tertiary/aromatic N) is 5. The van der Waals surface area contributed by atoms with Crippen molar-refractivity contribution in [2.24, 2.45) is 0 Å². The van der Waals surface area contributed by atoms with Crippen molar-refractivity contribution in [2.45, 2.75) is 26.3 Å². The van der Waals surface area contributed by atoms with E-state index in [1.807, 2.05) is 25.1 Å². The molecule has 0 saturated heterocycles. The molecule has 0 radical (unpaired) electrons. The van der Waals surface area contributed by atoms with E-state index in [2.05, 4.69) is 20.1 Å². The highest BCUT2D eigenvalue weighted by atomic mass is 19.1. The molecule has 0 aliphatic rings. The second-order valence-corrected chi connectivity index (χ2v) is 6.45. The highest BCUT2D eigenvalue weighted by Gasteiger charge is 2.20. The average Bonchev–Trinajstić information content (AvgIpc) is 3.11. The molecule has 3 aromatic heterocycles. The number of hydrogen-bond acceptors (Lipinski definition) is 5. The van der Waals surface area contributed by atoms with Crippen molar-refractivity contribution < 1.29 is 13.6 Å². The third-order valence-electron chi connectivity index (χ3n) is 4.33. The normalized spacial score (nSPS) is 15.8. The van der Waals surface area contributed by atoms with E-state index in [1.54, 1.807) is 0 Å². The Hall–Kier alpha value is -3.19. The number of fused-ring (bicyclic) bond motifs is 1. The minimum absolute atomic E-state index is 0.103. The van der Waals surface area contributed by atoms with E-state index < -0.39 is 12.5 Å². The van der Waals surface area contributed by atoms with Crippen LogP contribution in [0.1, 0.15) is 29.1 Å². The maximum Gasteiger partial charge on any atom is 0.251 e. The van der Waals surface area contributed by atoms with Crippen LogP contribution in [0.15, 0.2) is 49.1 Å². The number of rotatable bonds is 3. The molecule has 0 fully saturated rings. The summed E-state index contributed by atoms with van der Waals surface area (Å²) in [6.45, 7) is 0.372. The standard InChI is InChI=1S/C20H18FN5O/c1-12-4-5-13(8-14(12)15-9-22-7-6-16(15)21)17-10-23-19-25-18(20(2,3)27)11-24-26(17)19/h4-11,27H,1-3H3/i2D3. The predicted molar refractivity (Wildman–Crippen MR) is 99.4 cm³/mol. The van der Waals surface area contributed by atoms with Gasteiger partial charge >= 0.3 is 0 Å². The van der Waals surface area contributed by atoms with Crippen LogP contribution < -0.4 is 0 Å². The number of halogens is 1. The van der Waals surface area contributed by atoms with E-state index in [-0.39, 0.29) is 17.3 Å². The van der Waals surface area contributed by atoms with Crippen LogP contribution in [0.5, 0.6) is 0 Å². The monoisotopic (exact) mass is 366 g/mol. The van der Waals surface area contributed by atoms with Gasteiger partial charge in [-0.1, -0.05) is 12.1 Å². The Bertz CT molecular complexity index is 1250. The fourth-order valence-electron chi connectivity index (χ4n) is 2.85. The fourth-order valence-corrected chi connectivity index (χ4v) is 2.85. The summed E-state index contributed by atoms with van der Waals surface area (Å²) in [6.07, 6.45) is 5.61. The lowest BCUT2D eigenvalue weighted by Gasteiger charge is -2.15. The molecule has 1 aromatic carbocycles. The second-order valence-electron chi connectivity index (χ2n) is 6.45. The SMILES string of the molecule is [2H]C([2H])([2H])C(C)(O)c1cnn2c(-c3ccc(C)c(-c4cnccc4F)c3)cnc2n1. The van der Waals surface area contributed by atoms with Gasteiger partial charge in [0.25, 0.3) is 5.78 Å². The molecular weight excluding hydrogens is 345 g/mol. The van der Waals surface area contributed by atoms with Crippen molar-refractivity contribution in [1.82, 2.24) is 24.6 Å². The zero-order chi connectivity index (χ0) is 21.7. The van der Waals surface area contributed by atoms with Gasteiger partial charge in [-0.25, -0.2) is 14.4 Å². The van der Waals surface area contributed by atoms with Crippen LogP contribution in [-0.2, 0) is 5.60 Å². The van der Waals surface area contributed by atoms with E-state index in [9.17, 15) is 9.50 Å². The Balaban J connectivity index is 1.82. The molecule has 1 unspecified atom stereocenters. The van der Waals surface area contributed by atoms with Crippen LogP contribution in [0.25, 0.3) is 28.2 Å². The van der Waals surface area contributed by atoms with E-state index in [1.165, 1.54) is 42.3 Å². The molecule has 6 nitrogen and oxygen atoms in total. The highest BCUT2D eigenvalue weighted by Crippen LogP contribution is 2.30. The minimum Gasteiger partial charge on any atom is -0.384 e. The lowest BCUT2D eigenvalue weighted by Crippen LogP contribution is -2.19. The summed E-state index contributed by atoms with van der Waals surface area (Å²) in [6, 6.07) is 6.83. The number of pyridine rings is 1. The largest absolute Gasteiger partial charge is 0.384 e. The van der Waals surface area contributed by atoms with Crippen LogP contribution in [0, 0.1) is 12.7 Å². The molecule has 0 amide bonds. The first kappa shape index (κ1) is 13.9. The molecule has 1 N–H and O–H groups in total. The van der Waals surface area contributed by atoms with Crippen LogP contribution in [-0.4, -0.2) is 29.7 Å². The zero-order valence-electron chi connectivity index (χ0n) is 17.7. The first-order valence-electron chi connectivity index (χ1n) is 9.74. The molecular formula is C20H18FN5O. The molecule has 7 heteroatoms. The Labute approximate surface area is 159 Å². The summed E-state index contributed by atoms with van der Waals surface area (Å²) in [7, 11) is 0. The smallest absolute Gasteiger partial charge is 0.251 e. The Morgan fingerprint density at radius 1 is 1.19 bits per heavy atom. The molecule has 0 aliphatic carbocycles. The van der Waals surface area contributed by atoms with E-state index >= 15 is 0 Å². The van der Waals surface area contributed by atoms with E-state index in [0.717, 1.165) is 11.1 Å². The molecule has 27 heavy (non-hydrogen) atoms. The number of aryl methyl sites for hydroxylation is 1. The number of imidazole rings is 1. The van der Waals surface area contributed by atoms with Gasteiger partial charge < -0.3 is 5.11 Å². The Morgan fingerprint density at radius 3 is 2.81 bits per heavy atom. The van der Waals surface area contributed by atoms with Crippen molar-refractivity contribution >= 4 is 5.78 Å². The maximum absolute atomic E-state index is 14.3. The first-order chi connectivity index (χ1) is 14.1. The van der Waals surface area contributed by atoms with Crippen LogP contribution in [0.3, 0.4) is 0 Å². The summed E-state index contributed by atoms with van der Waals surface area (Å²) in [5.74, 6) is -0.235. The first-order valence-corrected chi connectivity index (χ1v) is 8.24. The van der Waals surface area contributed by atoms with Gasteiger partial charge in [0.05, 0.1) is 23.8 Å². The third-order valence-corrected chi connectivity index (χ3v) is 4.33. The number of aromatic nitrogens is 5. The van der Waals surface area contributed by atoms with Crippen molar-refractivity contribution in [3.63, 3.8) is 0 Å². The number of aliphatic hydroxyl groups is 1. The highest BCUT2D eigenvalue weighted by molar-refractivity contribution is 5.74. The molecule has 3 heterocycles. The van der Waals surface area contributed by atoms with Gasteiger partial charge in [-0.15, -0.1) is 0 Å². The topological polar surface area (TPSA) is 76.2 Å². The van der Waals surface area contributed by atoms with Gasteiger partial charge in [0.1, 0.15) is 11.4 Å². The summed E-state index contributed by atoms with van der Waals surface area (Å²) in [5, 5.41) is 14.6. The average molecular weight is 366 g/mol. The molecule has 0 spiro atoms. The van der Waals surface area contributed by atoms with Gasteiger partial charge in [-0.2, -0.15) is 9.61 Å². The minimum atomic E-state index is -2.67. The molecule has 4 rings (SSSR count). The van der Waals surface area contributed by atoms with Gasteiger partial charge in [-0.05, 0) is 44.0 Å². The van der Waals surface area contributed by atoms with Gasteiger partial charge in [0.2, 0.25) is 0 Å². The van der Waals surface area contributed by atoms with Crippen molar-refractivity contribution in [3.8, 4) is 22.4 Å². The molecule has 0 aliphatic heterocycles. The maximum atomic E-state index is 14.3. The lowest BCUT2D eigenvalue weighted by atomic mass is 9.98. The van der Waals surface area contributed by atoms with Crippen molar-refractivity contribution in [1.29, 1.82) is 0 Å². The second kappa shape index (κ2) is 6.21. The summed E-state index contributed by atoms with van der Waals surface area (Å²) in [4.78, 5) is 12.4. The molecule has 0 saturated carbocycles. The summed E-state index contributed by atoms with van der Waals surface area (Å²) in [5.41, 5.74) is 0.980. The van der Waals surface area contributed by atoms with Gasteiger partial charge in [0.15, 0.2) is 0 Å². The quantitative estimate of drug-likeness (QED) is 0.600. The molecule has 4 aromatic rings. The van der Waals surface area contributed by atoms with Crippen LogP contribution >= 0.6 is 0 Å². The molecule has 136 valence electrons. The fraction of sp³-hybridized carbons (Fsp3) is 0.200. The number of benzene rings is 1. The van der Waals surface area contributed by atoms with Crippen LogP contribution in [0.2, 0.25) is 0 Å². The van der Waals surface area contributed by atoms with Gasteiger partial charge in [-0.3, -0.25) is 4.98 Å². The third kappa shape index (κ3) is 3.06. The molecule has 1 atom stereocenters. The zero-order valence-corrected chi connectivity index (χ0v) is 14.7. The predicted octanol–water partition coefficient (Wildman–Crippen LogP) is 3.53. The summed E-state index contributed by atoms with van der Waals surface area (Å²) >= 11 is 0.